The van der Waals surface area contributed by atoms with Crippen LogP contribution in [0.4, 0.5) is 18.9 Å². The summed E-state index contributed by atoms with van der Waals surface area (Å²) in [7, 11) is 4.39. The van der Waals surface area contributed by atoms with Crippen molar-refractivity contribution in [1.82, 2.24) is 10.9 Å². The first kappa shape index (κ1) is 33.5. The Morgan fingerprint density at radius 2 is 1.35 bits per heavy atom. The van der Waals surface area contributed by atoms with Gasteiger partial charge in [0.15, 0.2) is 11.5 Å². The fraction of sp³-hybridized carbons (Fsp3) is 0.185. The van der Waals surface area contributed by atoms with Crippen molar-refractivity contribution in [3.63, 3.8) is 0 Å². The fourth-order valence-electron chi connectivity index (χ4n) is 3.36. The molecule has 0 aromatic heterocycles. The van der Waals surface area contributed by atoms with Gasteiger partial charge in [0.05, 0.1) is 21.3 Å². The zero-order valence-corrected chi connectivity index (χ0v) is 22.9. The number of amides is 2. The molecule has 2 amide bonds. The lowest BCUT2D eigenvalue weighted by molar-refractivity contribution is -0.192. The Balaban J connectivity index is 0.000000821. The number of rotatable bonds is 9. The second-order valence-electron chi connectivity index (χ2n) is 8.32. The zero-order chi connectivity index (χ0) is 32.3. The molecule has 0 aliphatic carbocycles. The molecule has 3 aromatic carbocycles. The number of amidine groups is 1. The van der Waals surface area contributed by atoms with E-state index in [4.69, 9.17) is 35.3 Å². The van der Waals surface area contributed by atoms with Crippen molar-refractivity contribution < 1.29 is 52.0 Å². The van der Waals surface area contributed by atoms with E-state index in [1.54, 1.807) is 36.4 Å². The molecule has 1 atom stereocenters. The summed E-state index contributed by atoms with van der Waals surface area (Å²) in [6.45, 7) is 0. The summed E-state index contributed by atoms with van der Waals surface area (Å²) in [5, 5.41) is 27.2. The molecule has 0 radical (unpaired) electrons. The summed E-state index contributed by atoms with van der Waals surface area (Å²) in [4.78, 5) is 34.6. The number of methoxy groups -OCH3 is 3. The molecule has 0 saturated heterocycles. The predicted molar refractivity (Wildman–Crippen MR) is 147 cm³/mol. The van der Waals surface area contributed by atoms with E-state index in [2.05, 4.69) is 16.2 Å². The first-order valence-corrected chi connectivity index (χ1v) is 11.9. The quantitative estimate of drug-likeness (QED) is 0.108. The van der Waals surface area contributed by atoms with E-state index in [0.717, 1.165) is 0 Å². The first-order valence-electron chi connectivity index (χ1n) is 11.9. The number of aromatic hydroxyl groups is 1. The Morgan fingerprint density at radius 1 is 0.860 bits per heavy atom. The summed E-state index contributed by atoms with van der Waals surface area (Å²) in [5.74, 6) is -2.96. The highest BCUT2D eigenvalue weighted by Gasteiger charge is 2.38. The predicted octanol–water partition coefficient (Wildman–Crippen LogP) is 2.95. The van der Waals surface area contributed by atoms with Crippen LogP contribution in [0, 0.1) is 5.41 Å². The average molecular weight is 608 g/mol. The Hall–Kier alpha value is -5.67. The van der Waals surface area contributed by atoms with E-state index in [-0.39, 0.29) is 17.1 Å². The molecule has 0 fully saturated rings. The number of anilines is 1. The molecule has 8 N–H and O–H groups in total. The molecular weight excluding hydrogens is 579 g/mol. The molecule has 0 bridgehead atoms. The summed E-state index contributed by atoms with van der Waals surface area (Å²) >= 11 is 0. The van der Waals surface area contributed by atoms with Crippen molar-refractivity contribution in [2.24, 2.45) is 5.73 Å². The lowest BCUT2D eigenvalue weighted by Crippen LogP contribution is -2.45. The lowest BCUT2D eigenvalue weighted by Gasteiger charge is -2.22. The van der Waals surface area contributed by atoms with E-state index < -0.39 is 30.0 Å². The highest BCUT2D eigenvalue weighted by molar-refractivity contribution is 5.97. The van der Waals surface area contributed by atoms with Crippen molar-refractivity contribution in [2.75, 3.05) is 26.6 Å². The number of ether oxygens (including phenoxy) is 3. The number of hydrazine groups is 1. The number of phenolic OH excluding ortho intramolecular Hbond substituents is 1. The molecule has 0 saturated carbocycles. The summed E-state index contributed by atoms with van der Waals surface area (Å²) in [6.07, 6.45) is -5.08. The number of nitrogens with one attached hydrogen (secondary N) is 4. The fourth-order valence-corrected chi connectivity index (χ4v) is 3.36. The minimum atomic E-state index is -5.08. The third-order valence-electron chi connectivity index (χ3n) is 5.46. The average Bonchev–Trinajstić information content (AvgIpc) is 2.98. The molecule has 0 aliphatic heterocycles. The van der Waals surface area contributed by atoms with Crippen LogP contribution in [-0.2, 0) is 9.59 Å². The number of benzene rings is 3. The second kappa shape index (κ2) is 14.8. The number of carbonyl (C=O) groups is 3. The van der Waals surface area contributed by atoms with E-state index >= 15 is 0 Å². The van der Waals surface area contributed by atoms with Crippen LogP contribution < -0.4 is 36.1 Å². The molecule has 1 unspecified atom stereocenters. The van der Waals surface area contributed by atoms with Crippen LogP contribution in [0.2, 0.25) is 0 Å². The highest BCUT2D eigenvalue weighted by atomic mass is 19.4. The zero-order valence-electron chi connectivity index (χ0n) is 22.9. The Morgan fingerprint density at radius 3 is 1.77 bits per heavy atom. The van der Waals surface area contributed by atoms with Gasteiger partial charge in [-0.25, -0.2) is 4.79 Å². The number of hydrogen-bond acceptors (Lipinski definition) is 9. The van der Waals surface area contributed by atoms with E-state index in [0.29, 0.717) is 34.1 Å². The highest BCUT2D eigenvalue weighted by Crippen LogP contribution is 2.40. The van der Waals surface area contributed by atoms with E-state index in [9.17, 15) is 27.9 Å². The van der Waals surface area contributed by atoms with Crippen LogP contribution in [0.25, 0.3) is 0 Å². The van der Waals surface area contributed by atoms with Gasteiger partial charge < -0.3 is 35.5 Å². The number of nitrogen functional groups attached to an aromatic ring is 1. The largest absolute Gasteiger partial charge is 0.508 e. The molecule has 230 valence electrons. The Kier molecular flexibility index (Phi) is 11.6. The van der Waals surface area contributed by atoms with Crippen LogP contribution in [0.3, 0.4) is 0 Å². The van der Waals surface area contributed by atoms with E-state index in [1.807, 2.05) is 0 Å². The number of carbonyl (C=O) groups excluding carboxylic acids is 2. The molecule has 0 heterocycles. The SMILES string of the molecule is COc1cc(C(Nc2ccc(C(=N)N)cc2)C(=O)NNC(=O)c2ccc(O)cc2)cc(OC)c1OC.O=C(O)C(F)(F)F. The number of alkyl halides is 3. The standard InChI is InChI=1S/C25H27N5O6.C2HF3O2/c1-34-19-12-16(13-20(35-2)22(19)36-3)21(28-17-8-4-14(5-9-17)23(26)27)25(33)30-29-24(32)15-6-10-18(31)11-7-15;3-2(4,5)1(6)7/h4-13,21,28,31H,1-3H3,(H3,26,27)(H,29,32)(H,30,33);(H,6,7). The summed E-state index contributed by atoms with van der Waals surface area (Å²) < 4.78 is 47.9. The summed E-state index contributed by atoms with van der Waals surface area (Å²) in [6, 6.07) is 14.4. The second-order valence-corrected chi connectivity index (χ2v) is 8.32. The minimum absolute atomic E-state index is 0.0121. The van der Waals surface area contributed by atoms with Crippen LogP contribution in [0.15, 0.2) is 60.7 Å². The Labute approximate surface area is 242 Å². The third-order valence-corrected chi connectivity index (χ3v) is 5.46. The van der Waals surface area contributed by atoms with Gasteiger partial charge in [-0.3, -0.25) is 25.8 Å². The van der Waals surface area contributed by atoms with Gasteiger partial charge in [-0.2, -0.15) is 13.2 Å². The number of nitrogens with two attached hydrogens (primary N) is 1. The van der Waals surface area contributed by atoms with Crippen molar-refractivity contribution >= 4 is 29.3 Å². The smallest absolute Gasteiger partial charge is 0.490 e. The molecule has 0 aliphatic rings. The normalized spacial score (nSPS) is 11.1. The lowest BCUT2D eigenvalue weighted by atomic mass is 10.0. The maximum atomic E-state index is 13.3. The monoisotopic (exact) mass is 607 g/mol. The number of aliphatic carboxylic acids is 1. The number of phenols is 1. The first-order chi connectivity index (χ1) is 20.2. The number of carboxylic acids is 1. The topological polar surface area (TPSA) is 205 Å². The van der Waals surface area contributed by atoms with Crippen molar-refractivity contribution in [3.05, 3.63) is 77.4 Å². The van der Waals surface area contributed by atoms with Crippen LogP contribution >= 0.6 is 0 Å². The molecule has 43 heavy (non-hydrogen) atoms. The van der Waals surface area contributed by atoms with Crippen molar-refractivity contribution in [1.29, 1.82) is 5.41 Å². The van der Waals surface area contributed by atoms with Crippen LogP contribution in [0.1, 0.15) is 27.5 Å². The van der Waals surface area contributed by atoms with Gasteiger partial charge in [0.25, 0.3) is 11.8 Å². The van der Waals surface area contributed by atoms with Crippen LogP contribution in [0.5, 0.6) is 23.0 Å². The molecule has 16 heteroatoms. The maximum absolute atomic E-state index is 13.3. The molecule has 13 nitrogen and oxygen atoms in total. The molecule has 0 spiro atoms. The molecule has 3 rings (SSSR count). The van der Waals surface area contributed by atoms with Gasteiger partial charge in [0.1, 0.15) is 17.6 Å². The molecule has 3 aromatic rings. The maximum Gasteiger partial charge on any atom is 0.490 e. The number of halogens is 3. The van der Waals surface area contributed by atoms with E-state index in [1.165, 1.54) is 45.6 Å². The summed E-state index contributed by atoms with van der Waals surface area (Å²) in [5.41, 5.74) is 12.1. The van der Waals surface area contributed by atoms with Crippen LogP contribution in [-0.4, -0.2) is 61.3 Å². The van der Waals surface area contributed by atoms with Gasteiger partial charge in [0, 0.05) is 16.8 Å². The van der Waals surface area contributed by atoms with Crippen molar-refractivity contribution in [3.8, 4) is 23.0 Å². The molecular formula is C27H28F3N5O8. The minimum Gasteiger partial charge on any atom is -0.508 e. The Bertz CT molecular complexity index is 1420. The van der Waals surface area contributed by atoms with Gasteiger partial charge in [-0.05, 0) is 66.2 Å². The number of carboxylic acid groups (broad SMARTS) is 1. The van der Waals surface area contributed by atoms with Gasteiger partial charge in [-0.15, -0.1) is 0 Å². The van der Waals surface area contributed by atoms with Gasteiger partial charge in [-0.1, -0.05) is 0 Å². The van der Waals surface area contributed by atoms with Gasteiger partial charge in [0.2, 0.25) is 5.75 Å². The third kappa shape index (κ3) is 9.44. The van der Waals surface area contributed by atoms with Gasteiger partial charge >= 0.3 is 12.1 Å². The van der Waals surface area contributed by atoms with Crippen molar-refractivity contribution in [2.45, 2.75) is 12.2 Å². The number of hydrogen-bond donors (Lipinski definition) is 7.